The molecule has 2 aromatic heterocycles. The predicted molar refractivity (Wildman–Crippen MR) is 70.5 cm³/mol. The Bertz CT molecular complexity index is 492. The van der Waals surface area contributed by atoms with Crippen molar-refractivity contribution in [1.82, 2.24) is 20.0 Å². The number of hydrogen-bond donors (Lipinski definition) is 1. The van der Waals surface area contributed by atoms with E-state index < -0.39 is 0 Å². The van der Waals surface area contributed by atoms with Crippen LogP contribution < -0.4 is 5.32 Å². The van der Waals surface area contributed by atoms with E-state index in [0.29, 0.717) is 13.2 Å². The molecule has 1 N–H and O–H groups in total. The molecule has 19 heavy (non-hydrogen) atoms. The summed E-state index contributed by atoms with van der Waals surface area (Å²) in [5, 5.41) is 7.37. The van der Waals surface area contributed by atoms with Gasteiger partial charge in [0, 0.05) is 25.6 Å². The smallest absolute Gasteiger partial charge is 0.162 e. The molecular weight excluding hydrogens is 244 g/mol. The fraction of sp³-hybridized carbons (Fsp3) is 0.538. The summed E-state index contributed by atoms with van der Waals surface area (Å²) < 4.78 is 12.2. The second-order valence-corrected chi connectivity index (χ2v) is 4.37. The average Bonchev–Trinajstić information content (AvgIpc) is 3.01. The van der Waals surface area contributed by atoms with Crippen LogP contribution in [0.4, 0.5) is 0 Å². The Morgan fingerprint density at radius 2 is 2.37 bits per heavy atom. The monoisotopic (exact) mass is 264 g/mol. The van der Waals surface area contributed by atoms with Gasteiger partial charge in [-0.2, -0.15) is 0 Å². The van der Waals surface area contributed by atoms with Gasteiger partial charge in [0.15, 0.2) is 5.76 Å². The van der Waals surface area contributed by atoms with Gasteiger partial charge in [0.05, 0.1) is 13.1 Å². The van der Waals surface area contributed by atoms with Crippen molar-refractivity contribution in [3.8, 4) is 0 Å². The van der Waals surface area contributed by atoms with Crippen LogP contribution in [0.5, 0.6) is 0 Å². The van der Waals surface area contributed by atoms with Crippen LogP contribution in [0.15, 0.2) is 23.0 Å². The van der Waals surface area contributed by atoms with Gasteiger partial charge in [0.1, 0.15) is 18.1 Å². The molecular formula is C13H20N4O2. The molecule has 0 amide bonds. The molecule has 104 valence electrons. The number of aromatic nitrogens is 3. The van der Waals surface area contributed by atoms with Crippen LogP contribution in [-0.2, 0) is 24.4 Å². The topological polar surface area (TPSA) is 65.1 Å². The van der Waals surface area contributed by atoms with Crippen LogP contribution in [-0.4, -0.2) is 28.4 Å². The Labute approximate surface area is 112 Å². The van der Waals surface area contributed by atoms with Gasteiger partial charge in [-0.15, -0.1) is 0 Å². The molecule has 0 saturated heterocycles. The highest BCUT2D eigenvalue weighted by atomic mass is 16.5. The Morgan fingerprint density at radius 1 is 1.47 bits per heavy atom. The third-order valence-corrected chi connectivity index (χ3v) is 2.74. The van der Waals surface area contributed by atoms with Crippen LogP contribution in [0.1, 0.15) is 30.6 Å². The van der Waals surface area contributed by atoms with Crippen molar-refractivity contribution in [2.24, 2.45) is 0 Å². The molecule has 0 aliphatic rings. The van der Waals surface area contributed by atoms with Crippen molar-refractivity contribution in [3.05, 3.63) is 35.7 Å². The summed E-state index contributed by atoms with van der Waals surface area (Å²) in [6, 6.07) is 1.91. The van der Waals surface area contributed by atoms with Crippen LogP contribution in [0, 0.1) is 0 Å². The van der Waals surface area contributed by atoms with Crippen LogP contribution in [0.25, 0.3) is 0 Å². The summed E-state index contributed by atoms with van der Waals surface area (Å²) in [4.78, 5) is 4.34. The maximum absolute atomic E-state index is 5.17. The number of ether oxygens (including phenoxy) is 1. The molecule has 2 aromatic rings. The van der Waals surface area contributed by atoms with Gasteiger partial charge in [-0.3, -0.25) is 0 Å². The molecule has 2 heterocycles. The van der Waals surface area contributed by atoms with Crippen LogP contribution in [0.2, 0.25) is 0 Å². The van der Waals surface area contributed by atoms with E-state index in [1.807, 2.05) is 12.3 Å². The fourth-order valence-corrected chi connectivity index (χ4v) is 1.84. The zero-order valence-corrected chi connectivity index (χ0v) is 11.4. The first-order valence-electron chi connectivity index (χ1n) is 6.47. The summed E-state index contributed by atoms with van der Waals surface area (Å²) in [6.07, 6.45) is 4.87. The summed E-state index contributed by atoms with van der Waals surface area (Å²) >= 11 is 0. The molecule has 0 radical (unpaired) electrons. The van der Waals surface area contributed by atoms with Crippen molar-refractivity contribution in [2.45, 2.75) is 33.0 Å². The lowest BCUT2D eigenvalue weighted by molar-refractivity contribution is 0.155. The van der Waals surface area contributed by atoms with Crippen molar-refractivity contribution in [2.75, 3.05) is 13.7 Å². The molecule has 2 rings (SSSR count). The molecule has 0 aliphatic heterocycles. The third-order valence-electron chi connectivity index (χ3n) is 2.74. The third kappa shape index (κ3) is 3.90. The van der Waals surface area contributed by atoms with E-state index in [-0.39, 0.29) is 0 Å². The van der Waals surface area contributed by atoms with E-state index in [4.69, 9.17) is 9.26 Å². The van der Waals surface area contributed by atoms with E-state index >= 15 is 0 Å². The number of rotatable bonds is 8. The first-order valence-corrected chi connectivity index (χ1v) is 6.47. The molecule has 0 spiro atoms. The number of nitrogens with one attached hydrogen (secondary N) is 1. The molecule has 0 unspecified atom stereocenters. The maximum Gasteiger partial charge on any atom is 0.162 e. The average molecular weight is 264 g/mol. The highest BCUT2D eigenvalue weighted by Crippen LogP contribution is 2.08. The lowest BCUT2D eigenvalue weighted by Crippen LogP contribution is -2.18. The Balaban J connectivity index is 1.96. The second-order valence-electron chi connectivity index (χ2n) is 4.37. The van der Waals surface area contributed by atoms with E-state index in [0.717, 1.165) is 36.8 Å². The van der Waals surface area contributed by atoms with Gasteiger partial charge in [0.2, 0.25) is 0 Å². The Kier molecular flexibility index (Phi) is 5.11. The largest absolute Gasteiger partial charge is 0.377 e. The fourth-order valence-electron chi connectivity index (χ4n) is 1.84. The Morgan fingerprint density at radius 3 is 3.16 bits per heavy atom. The number of methoxy groups -OCH3 is 1. The van der Waals surface area contributed by atoms with Gasteiger partial charge >= 0.3 is 0 Å². The van der Waals surface area contributed by atoms with E-state index in [9.17, 15) is 0 Å². The second kappa shape index (κ2) is 7.06. The summed E-state index contributed by atoms with van der Waals surface area (Å²) in [5.41, 5.74) is 0.877. The Hall–Kier alpha value is -1.66. The molecule has 0 aliphatic carbocycles. The minimum atomic E-state index is 0.446. The SMILES string of the molecule is CCCNCc1nccn1Cc1cc(COC)on1. The minimum Gasteiger partial charge on any atom is -0.377 e. The summed E-state index contributed by atoms with van der Waals surface area (Å²) in [5.74, 6) is 1.74. The standard InChI is InChI=1S/C13H20N4O2/c1-3-4-14-8-13-15-5-6-17(13)9-11-7-12(10-18-2)19-16-11/h5-7,14H,3-4,8-10H2,1-2H3. The molecule has 0 atom stereocenters. The molecule has 0 aromatic carbocycles. The summed E-state index contributed by atoms with van der Waals surface area (Å²) in [6.45, 7) is 5.02. The molecule has 6 nitrogen and oxygen atoms in total. The lowest BCUT2D eigenvalue weighted by Gasteiger charge is -2.06. The van der Waals surface area contributed by atoms with Crippen molar-refractivity contribution in [1.29, 1.82) is 0 Å². The minimum absolute atomic E-state index is 0.446. The number of imidazole rings is 1. The van der Waals surface area contributed by atoms with Crippen LogP contribution >= 0.6 is 0 Å². The van der Waals surface area contributed by atoms with Crippen molar-refractivity contribution < 1.29 is 9.26 Å². The quantitative estimate of drug-likeness (QED) is 0.733. The summed E-state index contributed by atoms with van der Waals surface area (Å²) in [7, 11) is 1.63. The van der Waals surface area contributed by atoms with E-state index in [1.54, 1.807) is 13.3 Å². The first-order chi connectivity index (χ1) is 9.33. The van der Waals surface area contributed by atoms with Crippen molar-refractivity contribution in [3.63, 3.8) is 0 Å². The van der Waals surface area contributed by atoms with Gasteiger partial charge in [-0.1, -0.05) is 12.1 Å². The highest BCUT2D eigenvalue weighted by Gasteiger charge is 2.07. The van der Waals surface area contributed by atoms with Gasteiger partial charge < -0.3 is 19.1 Å². The maximum atomic E-state index is 5.17. The predicted octanol–water partition coefficient (Wildman–Crippen LogP) is 1.57. The van der Waals surface area contributed by atoms with Gasteiger partial charge in [-0.25, -0.2) is 4.98 Å². The number of nitrogens with zero attached hydrogens (tertiary/aromatic N) is 3. The van der Waals surface area contributed by atoms with Crippen molar-refractivity contribution >= 4 is 0 Å². The zero-order chi connectivity index (χ0) is 13.5. The van der Waals surface area contributed by atoms with E-state index in [2.05, 4.69) is 26.9 Å². The van der Waals surface area contributed by atoms with Gasteiger partial charge in [-0.05, 0) is 13.0 Å². The van der Waals surface area contributed by atoms with E-state index in [1.165, 1.54) is 0 Å². The molecule has 0 bridgehead atoms. The van der Waals surface area contributed by atoms with Crippen LogP contribution in [0.3, 0.4) is 0 Å². The highest BCUT2D eigenvalue weighted by molar-refractivity contribution is 5.07. The van der Waals surface area contributed by atoms with Gasteiger partial charge in [0.25, 0.3) is 0 Å². The normalized spacial score (nSPS) is 11.1. The first kappa shape index (κ1) is 13.8. The molecule has 0 fully saturated rings. The lowest BCUT2D eigenvalue weighted by atomic mass is 10.3. The molecule has 6 heteroatoms. The zero-order valence-electron chi connectivity index (χ0n) is 11.4. The number of hydrogen-bond acceptors (Lipinski definition) is 5. The molecule has 0 saturated carbocycles.